The van der Waals surface area contributed by atoms with E-state index in [9.17, 15) is 4.79 Å². The molecule has 1 heterocycles. The van der Waals surface area contributed by atoms with Crippen molar-refractivity contribution in [3.05, 3.63) is 23.8 Å². The molecule has 1 fully saturated rings. The maximum atomic E-state index is 11.9. The molecular weight excluding hydrogens is 298 g/mol. The first kappa shape index (κ1) is 17.0. The number of nitrogens with zero attached hydrogens (tertiary/aromatic N) is 1. The van der Waals surface area contributed by atoms with Crippen LogP contribution in [0.3, 0.4) is 0 Å². The lowest BCUT2D eigenvalue weighted by atomic mass is 10.1. The largest absolute Gasteiger partial charge is 0.383 e. The van der Waals surface area contributed by atoms with Crippen LogP contribution in [0, 0.1) is 6.92 Å². The van der Waals surface area contributed by atoms with Crippen molar-refractivity contribution in [2.45, 2.75) is 19.9 Å². The zero-order valence-corrected chi connectivity index (χ0v) is 14.3. The zero-order valence-electron chi connectivity index (χ0n) is 13.5. The SMILES string of the molecule is COCC(C)NC(=O)Nc1ccc(N2CCSCC2)c(C)c1. The highest BCUT2D eigenvalue weighted by Crippen LogP contribution is 2.26. The predicted octanol–water partition coefficient (Wildman–Crippen LogP) is 2.70. The van der Waals surface area contributed by atoms with Crippen LogP contribution in [0.15, 0.2) is 18.2 Å². The smallest absolute Gasteiger partial charge is 0.319 e. The second-order valence-corrected chi connectivity index (χ2v) is 6.78. The van der Waals surface area contributed by atoms with Gasteiger partial charge in [0.2, 0.25) is 0 Å². The first-order chi connectivity index (χ1) is 10.6. The molecule has 0 bridgehead atoms. The van der Waals surface area contributed by atoms with Crippen molar-refractivity contribution < 1.29 is 9.53 Å². The molecule has 6 heteroatoms. The van der Waals surface area contributed by atoms with Crippen molar-refractivity contribution in [3.63, 3.8) is 0 Å². The Morgan fingerprint density at radius 3 is 2.77 bits per heavy atom. The van der Waals surface area contributed by atoms with Crippen LogP contribution in [-0.4, -0.2) is 50.4 Å². The number of hydrogen-bond acceptors (Lipinski definition) is 4. The maximum absolute atomic E-state index is 11.9. The Hall–Kier alpha value is -1.40. The van der Waals surface area contributed by atoms with Crippen LogP contribution in [-0.2, 0) is 4.74 Å². The van der Waals surface area contributed by atoms with Crippen LogP contribution in [0.4, 0.5) is 16.2 Å². The van der Waals surface area contributed by atoms with Gasteiger partial charge in [0.15, 0.2) is 0 Å². The van der Waals surface area contributed by atoms with E-state index >= 15 is 0 Å². The van der Waals surface area contributed by atoms with Crippen molar-refractivity contribution in [1.82, 2.24) is 5.32 Å². The Morgan fingerprint density at radius 1 is 1.41 bits per heavy atom. The summed E-state index contributed by atoms with van der Waals surface area (Å²) in [6.45, 7) is 6.68. The highest BCUT2D eigenvalue weighted by molar-refractivity contribution is 7.99. The molecule has 1 aliphatic heterocycles. The van der Waals surface area contributed by atoms with E-state index in [4.69, 9.17) is 4.74 Å². The lowest BCUT2D eigenvalue weighted by Crippen LogP contribution is -2.38. The monoisotopic (exact) mass is 323 g/mol. The summed E-state index contributed by atoms with van der Waals surface area (Å²) >= 11 is 2.00. The van der Waals surface area contributed by atoms with E-state index in [0.717, 1.165) is 18.8 Å². The van der Waals surface area contributed by atoms with Crippen LogP contribution in [0.2, 0.25) is 0 Å². The fourth-order valence-electron chi connectivity index (χ4n) is 2.57. The summed E-state index contributed by atoms with van der Waals surface area (Å²) in [5.41, 5.74) is 3.27. The molecule has 1 aromatic rings. The Kier molecular flexibility index (Phi) is 6.39. The number of nitrogens with one attached hydrogen (secondary N) is 2. The molecule has 22 heavy (non-hydrogen) atoms. The minimum atomic E-state index is -0.203. The average Bonchev–Trinajstić information content (AvgIpc) is 2.48. The van der Waals surface area contributed by atoms with Crippen molar-refractivity contribution in [1.29, 1.82) is 0 Å². The van der Waals surface area contributed by atoms with Gasteiger partial charge in [0.05, 0.1) is 12.6 Å². The van der Waals surface area contributed by atoms with Gasteiger partial charge in [-0.1, -0.05) is 0 Å². The number of hydrogen-bond donors (Lipinski definition) is 2. The van der Waals surface area contributed by atoms with Crippen LogP contribution >= 0.6 is 11.8 Å². The quantitative estimate of drug-likeness (QED) is 0.875. The van der Waals surface area contributed by atoms with Gasteiger partial charge < -0.3 is 20.3 Å². The highest BCUT2D eigenvalue weighted by Gasteiger charge is 2.14. The third-order valence-corrected chi connectivity index (χ3v) is 4.54. The molecule has 2 amide bonds. The number of methoxy groups -OCH3 is 1. The highest BCUT2D eigenvalue weighted by atomic mass is 32.2. The van der Waals surface area contributed by atoms with Crippen LogP contribution in [0.1, 0.15) is 12.5 Å². The summed E-state index contributed by atoms with van der Waals surface area (Å²) in [6, 6.07) is 5.87. The lowest BCUT2D eigenvalue weighted by Gasteiger charge is -2.30. The van der Waals surface area contributed by atoms with Gasteiger partial charge in [-0.05, 0) is 37.6 Å². The number of aryl methyl sites for hydroxylation is 1. The van der Waals surface area contributed by atoms with Gasteiger partial charge in [0, 0.05) is 43.1 Å². The summed E-state index contributed by atoms with van der Waals surface area (Å²) in [4.78, 5) is 14.3. The van der Waals surface area contributed by atoms with Gasteiger partial charge in [-0.3, -0.25) is 0 Å². The van der Waals surface area contributed by atoms with E-state index in [1.54, 1.807) is 7.11 Å². The molecule has 1 saturated heterocycles. The van der Waals surface area contributed by atoms with Crippen LogP contribution < -0.4 is 15.5 Å². The molecule has 5 nitrogen and oxygen atoms in total. The van der Waals surface area contributed by atoms with E-state index in [0.29, 0.717) is 6.61 Å². The zero-order chi connectivity index (χ0) is 15.9. The summed E-state index contributed by atoms with van der Waals surface area (Å²) < 4.78 is 5.01. The van der Waals surface area contributed by atoms with E-state index in [-0.39, 0.29) is 12.1 Å². The molecule has 1 aliphatic rings. The fourth-order valence-corrected chi connectivity index (χ4v) is 3.48. The minimum Gasteiger partial charge on any atom is -0.383 e. The van der Waals surface area contributed by atoms with E-state index in [1.807, 2.05) is 30.8 Å². The van der Waals surface area contributed by atoms with E-state index < -0.39 is 0 Å². The number of carbonyl (C=O) groups is 1. The third-order valence-electron chi connectivity index (χ3n) is 3.60. The second-order valence-electron chi connectivity index (χ2n) is 5.56. The Balaban J connectivity index is 1.95. The van der Waals surface area contributed by atoms with Crippen LogP contribution in [0.5, 0.6) is 0 Å². The van der Waals surface area contributed by atoms with Gasteiger partial charge >= 0.3 is 6.03 Å². The molecule has 0 aliphatic carbocycles. The summed E-state index contributed by atoms with van der Waals surface area (Å²) in [5.74, 6) is 2.36. The lowest BCUT2D eigenvalue weighted by molar-refractivity contribution is 0.173. The van der Waals surface area contributed by atoms with E-state index in [1.165, 1.54) is 22.8 Å². The normalized spacial score (nSPS) is 16.2. The van der Waals surface area contributed by atoms with Crippen molar-refractivity contribution >= 4 is 29.2 Å². The Morgan fingerprint density at radius 2 is 2.14 bits per heavy atom. The predicted molar refractivity (Wildman–Crippen MR) is 94.2 cm³/mol. The number of thioether (sulfide) groups is 1. The summed E-state index contributed by atoms with van der Waals surface area (Å²) in [6.07, 6.45) is 0. The number of amides is 2. The number of anilines is 2. The molecule has 1 unspecified atom stereocenters. The Bertz CT molecular complexity index is 504. The van der Waals surface area contributed by atoms with E-state index in [2.05, 4.69) is 28.5 Å². The number of rotatable bonds is 5. The minimum absolute atomic E-state index is 0.0174. The molecule has 2 N–H and O–H groups in total. The molecule has 0 spiro atoms. The third kappa shape index (κ3) is 4.81. The Labute approximate surface area is 136 Å². The number of carbonyl (C=O) groups excluding carboxylic acids is 1. The van der Waals surface area contributed by atoms with Gasteiger partial charge in [-0.15, -0.1) is 0 Å². The molecule has 1 aromatic carbocycles. The molecule has 1 atom stereocenters. The van der Waals surface area contributed by atoms with Crippen molar-refractivity contribution in [2.75, 3.05) is 48.5 Å². The number of urea groups is 1. The van der Waals surface area contributed by atoms with Crippen LogP contribution in [0.25, 0.3) is 0 Å². The number of benzene rings is 1. The molecule has 0 radical (unpaired) electrons. The first-order valence-electron chi connectivity index (χ1n) is 7.60. The topological polar surface area (TPSA) is 53.6 Å². The van der Waals surface area contributed by atoms with Crippen molar-refractivity contribution in [3.8, 4) is 0 Å². The van der Waals surface area contributed by atoms with Gasteiger partial charge in [0.1, 0.15) is 0 Å². The number of ether oxygens (including phenoxy) is 1. The van der Waals surface area contributed by atoms with Gasteiger partial charge in [0.25, 0.3) is 0 Å². The fraction of sp³-hybridized carbons (Fsp3) is 0.562. The molecule has 2 rings (SSSR count). The second kappa shape index (κ2) is 8.29. The first-order valence-corrected chi connectivity index (χ1v) is 8.75. The molecule has 0 aromatic heterocycles. The standard InChI is InChI=1S/C16H25N3O2S/c1-12-10-14(18-16(20)17-13(2)11-21-3)4-5-15(12)19-6-8-22-9-7-19/h4-5,10,13H,6-9,11H2,1-3H3,(H2,17,18,20). The average molecular weight is 323 g/mol. The summed E-state index contributed by atoms with van der Waals surface area (Å²) in [7, 11) is 1.62. The summed E-state index contributed by atoms with van der Waals surface area (Å²) in [5, 5.41) is 5.71. The van der Waals surface area contributed by atoms with Gasteiger partial charge in [-0.2, -0.15) is 11.8 Å². The maximum Gasteiger partial charge on any atom is 0.319 e. The van der Waals surface area contributed by atoms with Crippen molar-refractivity contribution in [2.24, 2.45) is 0 Å². The molecule has 0 saturated carbocycles. The molecule has 122 valence electrons. The van der Waals surface area contributed by atoms with Gasteiger partial charge in [-0.25, -0.2) is 4.79 Å². The molecular formula is C16H25N3O2S.